The van der Waals surface area contributed by atoms with E-state index in [1.54, 1.807) is 18.2 Å². The molecular formula is C15H22BrClN2O3S. The van der Waals surface area contributed by atoms with Crippen molar-refractivity contribution in [3.8, 4) is 0 Å². The van der Waals surface area contributed by atoms with Crippen molar-refractivity contribution in [3.63, 3.8) is 0 Å². The van der Waals surface area contributed by atoms with E-state index in [-0.39, 0.29) is 30.2 Å². The molecule has 0 aromatic heterocycles. The number of rotatable bonds is 5. The molecule has 0 bridgehead atoms. The van der Waals surface area contributed by atoms with Gasteiger partial charge >= 0.3 is 0 Å². The molecule has 0 saturated heterocycles. The lowest BCUT2D eigenvalue weighted by Crippen LogP contribution is -2.42. The Bertz CT molecular complexity index is 631. The van der Waals surface area contributed by atoms with Crippen molar-refractivity contribution in [2.24, 2.45) is 5.73 Å². The van der Waals surface area contributed by atoms with E-state index in [1.807, 2.05) is 6.07 Å². The Hall–Kier alpha value is -0.630. The summed E-state index contributed by atoms with van der Waals surface area (Å²) in [4.78, 5) is 11.9. The van der Waals surface area contributed by atoms with Gasteiger partial charge in [0.2, 0.25) is 5.91 Å². The third-order valence-corrected chi connectivity index (χ3v) is 5.73. The summed E-state index contributed by atoms with van der Waals surface area (Å²) in [6.45, 7) is 0. The topological polar surface area (TPSA) is 89.3 Å². The average Bonchev–Trinajstić information content (AvgIpc) is 2.40. The van der Waals surface area contributed by atoms with Crippen LogP contribution in [0.3, 0.4) is 0 Å². The fourth-order valence-corrected chi connectivity index (χ4v) is 4.38. The molecule has 0 unspecified atom stereocenters. The van der Waals surface area contributed by atoms with Crippen LogP contribution in [-0.4, -0.2) is 32.2 Å². The van der Waals surface area contributed by atoms with Gasteiger partial charge in [0.15, 0.2) is 9.84 Å². The zero-order valence-electron chi connectivity index (χ0n) is 12.7. The van der Waals surface area contributed by atoms with Crippen LogP contribution >= 0.6 is 28.3 Å². The lowest BCUT2D eigenvalue weighted by molar-refractivity contribution is -0.119. The Morgan fingerprint density at radius 3 is 2.52 bits per heavy atom. The van der Waals surface area contributed by atoms with E-state index in [0.717, 1.165) is 30.2 Å². The molecule has 1 aliphatic rings. The Morgan fingerprint density at radius 1 is 1.26 bits per heavy atom. The fourth-order valence-electron chi connectivity index (χ4n) is 2.66. The minimum atomic E-state index is -3.47. The summed E-state index contributed by atoms with van der Waals surface area (Å²) in [5.74, 6) is -1.02. The number of carbonyl (C=O) groups excluding carboxylic acids is 1. The number of hydrogen-bond acceptors (Lipinski definition) is 4. The second-order valence-corrected chi connectivity index (χ2v) is 8.82. The molecule has 0 heterocycles. The van der Waals surface area contributed by atoms with Crippen LogP contribution in [0.5, 0.6) is 0 Å². The molecule has 1 saturated carbocycles. The van der Waals surface area contributed by atoms with Crippen molar-refractivity contribution in [3.05, 3.63) is 34.3 Å². The van der Waals surface area contributed by atoms with Crippen molar-refractivity contribution >= 4 is 44.1 Å². The summed E-state index contributed by atoms with van der Waals surface area (Å²) in [5, 5.41) is 2.81. The van der Waals surface area contributed by atoms with E-state index < -0.39 is 21.5 Å². The predicted octanol–water partition coefficient (Wildman–Crippen LogP) is 2.17. The zero-order valence-corrected chi connectivity index (χ0v) is 15.9. The van der Waals surface area contributed by atoms with Crippen LogP contribution in [0.1, 0.15) is 31.2 Å². The number of nitrogens with two attached hydrogens (primary N) is 1. The van der Waals surface area contributed by atoms with Gasteiger partial charge in [-0.15, -0.1) is 12.4 Å². The van der Waals surface area contributed by atoms with Gasteiger partial charge in [-0.25, -0.2) is 8.42 Å². The fraction of sp³-hybridized carbons (Fsp3) is 0.533. The van der Waals surface area contributed by atoms with Gasteiger partial charge in [-0.1, -0.05) is 28.1 Å². The van der Waals surface area contributed by atoms with Gasteiger partial charge in [-0.05, 0) is 43.4 Å². The predicted molar refractivity (Wildman–Crippen MR) is 97.3 cm³/mol. The van der Waals surface area contributed by atoms with Crippen molar-refractivity contribution in [2.45, 2.75) is 43.5 Å². The van der Waals surface area contributed by atoms with E-state index in [9.17, 15) is 13.2 Å². The molecule has 0 spiro atoms. The van der Waals surface area contributed by atoms with E-state index in [0.29, 0.717) is 5.56 Å². The first kappa shape index (κ1) is 20.4. The minimum absolute atomic E-state index is 0. The maximum Gasteiger partial charge on any atom is 0.235 e. The van der Waals surface area contributed by atoms with Crippen molar-refractivity contribution in [2.75, 3.05) is 5.75 Å². The number of hydrogen-bond donors (Lipinski definition) is 2. The molecule has 23 heavy (non-hydrogen) atoms. The van der Waals surface area contributed by atoms with E-state index in [2.05, 4.69) is 21.2 Å². The van der Waals surface area contributed by atoms with Crippen LogP contribution in [-0.2, 0) is 20.4 Å². The Morgan fingerprint density at radius 2 is 1.91 bits per heavy atom. The van der Waals surface area contributed by atoms with E-state index in [1.165, 1.54) is 0 Å². The summed E-state index contributed by atoms with van der Waals surface area (Å²) in [7, 11) is -3.47. The maximum atomic E-state index is 12.1. The van der Waals surface area contributed by atoms with E-state index in [4.69, 9.17) is 5.73 Å². The second kappa shape index (κ2) is 9.01. The third kappa shape index (κ3) is 7.20. The molecule has 8 heteroatoms. The quantitative estimate of drug-likeness (QED) is 0.756. The molecule has 0 atom stereocenters. The van der Waals surface area contributed by atoms with Crippen molar-refractivity contribution in [1.82, 2.24) is 5.32 Å². The van der Waals surface area contributed by atoms with Gasteiger partial charge in [0.05, 0.1) is 5.75 Å². The molecule has 1 fully saturated rings. The highest BCUT2D eigenvalue weighted by Crippen LogP contribution is 2.17. The summed E-state index contributed by atoms with van der Waals surface area (Å²) in [6, 6.07) is 7.35. The van der Waals surface area contributed by atoms with Gasteiger partial charge in [0.1, 0.15) is 5.75 Å². The lowest BCUT2D eigenvalue weighted by atomic mass is 9.92. The Balaban J connectivity index is 0.00000264. The Kier molecular flexibility index (Phi) is 8.00. The Labute approximate surface area is 151 Å². The highest BCUT2D eigenvalue weighted by Gasteiger charge is 2.23. The molecule has 1 aromatic carbocycles. The van der Waals surface area contributed by atoms with Gasteiger partial charge < -0.3 is 11.1 Å². The first-order valence-corrected chi connectivity index (χ1v) is 9.95. The van der Waals surface area contributed by atoms with Crippen molar-refractivity contribution < 1.29 is 13.2 Å². The number of halogens is 2. The largest absolute Gasteiger partial charge is 0.352 e. The minimum Gasteiger partial charge on any atom is -0.352 e. The lowest BCUT2D eigenvalue weighted by Gasteiger charge is -2.26. The van der Waals surface area contributed by atoms with Gasteiger partial charge in [-0.3, -0.25) is 4.79 Å². The molecule has 1 aliphatic carbocycles. The summed E-state index contributed by atoms with van der Waals surface area (Å²) in [6.07, 6.45) is 3.38. The molecule has 3 N–H and O–H groups in total. The van der Waals surface area contributed by atoms with E-state index >= 15 is 0 Å². The number of amides is 1. The van der Waals surface area contributed by atoms with Crippen LogP contribution in [0.2, 0.25) is 0 Å². The average molecular weight is 426 g/mol. The normalized spacial score (nSPS) is 21.3. The molecule has 1 aromatic rings. The van der Waals surface area contributed by atoms with Crippen LogP contribution in [0.4, 0.5) is 0 Å². The molecule has 0 aliphatic heterocycles. The van der Waals surface area contributed by atoms with Gasteiger partial charge in [0, 0.05) is 16.6 Å². The zero-order chi connectivity index (χ0) is 16.2. The molecule has 5 nitrogen and oxygen atoms in total. The smallest absolute Gasteiger partial charge is 0.235 e. The summed E-state index contributed by atoms with van der Waals surface area (Å²) < 4.78 is 25.1. The summed E-state index contributed by atoms with van der Waals surface area (Å²) >= 11 is 3.31. The van der Waals surface area contributed by atoms with Crippen molar-refractivity contribution in [1.29, 1.82) is 0 Å². The highest BCUT2D eigenvalue weighted by atomic mass is 79.9. The second-order valence-electron chi connectivity index (χ2n) is 5.84. The van der Waals surface area contributed by atoms with Crippen LogP contribution < -0.4 is 11.1 Å². The summed E-state index contributed by atoms with van der Waals surface area (Å²) in [5.41, 5.74) is 6.49. The van der Waals surface area contributed by atoms with Crippen LogP contribution in [0, 0.1) is 0 Å². The molecular weight excluding hydrogens is 404 g/mol. The van der Waals surface area contributed by atoms with Gasteiger partial charge in [-0.2, -0.15) is 0 Å². The van der Waals surface area contributed by atoms with Gasteiger partial charge in [0.25, 0.3) is 0 Å². The number of nitrogens with one attached hydrogen (secondary N) is 1. The first-order chi connectivity index (χ1) is 10.3. The molecule has 0 radical (unpaired) electrons. The molecule has 130 valence electrons. The number of carbonyl (C=O) groups is 1. The molecule has 2 rings (SSSR count). The number of benzene rings is 1. The van der Waals surface area contributed by atoms with Crippen LogP contribution in [0.15, 0.2) is 28.7 Å². The van der Waals surface area contributed by atoms with Crippen LogP contribution in [0.25, 0.3) is 0 Å². The number of sulfone groups is 1. The first-order valence-electron chi connectivity index (χ1n) is 7.34. The third-order valence-electron chi connectivity index (χ3n) is 3.76. The SMILES string of the molecule is Cl.NC1CCC(NC(=O)CS(=O)(=O)Cc2cccc(Br)c2)CC1. The molecule has 1 amide bonds. The highest BCUT2D eigenvalue weighted by molar-refractivity contribution is 9.10. The standard InChI is InChI=1S/C15H21BrN2O3S.ClH/c16-12-3-1-2-11(8-12)9-22(20,21)10-15(19)18-14-6-4-13(17)5-7-14;/h1-3,8,13-14H,4-7,9-10,17H2,(H,18,19);1H. The monoisotopic (exact) mass is 424 g/mol. The maximum absolute atomic E-state index is 12.1.